The molecule has 0 bridgehead atoms. The Hall–Kier alpha value is -1.29. The monoisotopic (exact) mass is 217 g/mol. The number of amides is 1. The van der Waals surface area contributed by atoms with Gasteiger partial charge in [-0.15, -0.1) is 12.4 Å². The minimum absolute atomic E-state index is 0. The van der Waals surface area contributed by atoms with E-state index in [1.54, 1.807) is 18.2 Å². The Bertz CT molecular complexity index is 345. The van der Waals surface area contributed by atoms with Crippen molar-refractivity contribution in [3.8, 4) is 0 Å². The third-order valence-corrected chi connectivity index (χ3v) is 1.95. The zero-order valence-corrected chi connectivity index (χ0v) is 8.01. The molecule has 1 aromatic carbocycles. The first kappa shape index (κ1) is 10.8. The zero-order valence-electron chi connectivity index (χ0n) is 7.20. The van der Waals surface area contributed by atoms with Crippen molar-refractivity contribution in [1.82, 2.24) is 5.32 Å². The Kier molecular flexibility index (Phi) is 3.30. The van der Waals surface area contributed by atoms with E-state index < -0.39 is 6.09 Å². The van der Waals surface area contributed by atoms with Crippen LogP contribution >= 0.6 is 12.4 Å². The van der Waals surface area contributed by atoms with Gasteiger partial charge in [0, 0.05) is 5.56 Å². The summed E-state index contributed by atoms with van der Waals surface area (Å²) in [6.45, 7) is 0.194. The number of hydrogen-bond donors (Lipinski definition) is 1. The van der Waals surface area contributed by atoms with E-state index in [1.807, 2.05) is 0 Å². The molecule has 1 atom stereocenters. The molecule has 0 aliphatic carbocycles. The maximum Gasteiger partial charge on any atom is 0.407 e. The summed E-state index contributed by atoms with van der Waals surface area (Å²) in [6, 6.07) is 5.97. The highest BCUT2D eigenvalue weighted by Gasteiger charge is 2.25. The summed E-state index contributed by atoms with van der Waals surface area (Å²) in [4.78, 5) is 10.7. The standard InChI is InChI=1S/C9H8FNO2.ClH/c10-7-4-2-1-3-6(7)8-5-13-9(12)11-8;/h1-4,8H,5H2,(H,11,12);1H/t8-;/m0./s1. The molecule has 1 aliphatic rings. The maximum absolute atomic E-state index is 13.2. The average molecular weight is 218 g/mol. The number of alkyl carbamates (subject to hydrolysis) is 1. The van der Waals surface area contributed by atoms with Crippen LogP contribution < -0.4 is 5.32 Å². The van der Waals surface area contributed by atoms with Gasteiger partial charge in [-0.1, -0.05) is 18.2 Å². The van der Waals surface area contributed by atoms with E-state index in [9.17, 15) is 9.18 Å². The molecular formula is C9H9ClFNO2. The minimum atomic E-state index is -0.492. The Labute approximate surface area is 86.7 Å². The number of ether oxygens (including phenoxy) is 1. The van der Waals surface area contributed by atoms with Crippen LogP contribution in [0.3, 0.4) is 0 Å². The Morgan fingerprint density at radius 2 is 2.14 bits per heavy atom. The summed E-state index contributed by atoms with van der Waals surface area (Å²) in [5.41, 5.74) is 0.466. The van der Waals surface area contributed by atoms with Crippen LogP contribution in [0.4, 0.5) is 9.18 Å². The van der Waals surface area contributed by atoms with Crippen LogP contribution in [0.15, 0.2) is 24.3 Å². The lowest BCUT2D eigenvalue weighted by Gasteiger charge is -2.07. The lowest BCUT2D eigenvalue weighted by Crippen LogP contribution is -2.19. The molecule has 0 spiro atoms. The van der Waals surface area contributed by atoms with Crippen LogP contribution in [-0.2, 0) is 4.74 Å². The number of halogens is 2. The summed E-state index contributed by atoms with van der Waals surface area (Å²) < 4.78 is 17.8. The Morgan fingerprint density at radius 1 is 1.43 bits per heavy atom. The third kappa shape index (κ3) is 1.96. The Morgan fingerprint density at radius 3 is 2.71 bits per heavy atom. The van der Waals surface area contributed by atoms with Gasteiger partial charge in [0.05, 0.1) is 6.04 Å². The molecule has 0 aromatic heterocycles. The minimum Gasteiger partial charge on any atom is -0.447 e. The first-order valence-electron chi connectivity index (χ1n) is 3.95. The summed E-state index contributed by atoms with van der Waals surface area (Å²) in [5, 5.41) is 2.51. The van der Waals surface area contributed by atoms with Crippen molar-refractivity contribution in [2.24, 2.45) is 0 Å². The number of cyclic esters (lactones) is 1. The molecule has 0 unspecified atom stereocenters. The third-order valence-electron chi connectivity index (χ3n) is 1.95. The van der Waals surface area contributed by atoms with Gasteiger partial charge in [0.1, 0.15) is 12.4 Å². The summed E-state index contributed by atoms with van der Waals surface area (Å²) in [7, 11) is 0. The molecule has 0 radical (unpaired) electrons. The normalized spacial score (nSPS) is 19.5. The van der Waals surface area contributed by atoms with Crippen molar-refractivity contribution in [2.75, 3.05) is 6.61 Å². The van der Waals surface area contributed by atoms with Crippen LogP contribution in [0, 0.1) is 5.82 Å². The molecule has 76 valence electrons. The average Bonchev–Trinajstić information content (AvgIpc) is 2.53. The van der Waals surface area contributed by atoms with Crippen LogP contribution in [0.25, 0.3) is 0 Å². The van der Waals surface area contributed by atoms with Gasteiger partial charge in [0.2, 0.25) is 0 Å². The van der Waals surface area contributed by atoms with Crippen LogP contribution in [0.5, 0.6) is 0 Å². The summed E-state index contributed by atoms with van der Waals surface area (Å²) in [6.07, 6.45) is -0.492. The lowest BCUT2D eigenvalue weighted by molar-refractivity contribution is 0.177. The number of rotatable bonds is 1. The maximum atomic E-state index is 13.2. The predicted molar refractivity (Wildman–Crippen MR) is 50.9 cm³/mol. The van der Waals surface area contributed by atoms with E-state index in [0.29, 0.717) is 5.56 Å². The van der Waals surface area contributed by atoms with E-state index in [4.69, 9.17) is 0 Å². The smallest absolute Gasteiger partial charge is 0.407 e. The van der Waals surface area contributed by atoms with Crippen molar-refractivity contribution in [1.29, 1.82) is 0 Å². The van der Waals surface area contributed by atoms with Crippen molar-refractivity contribution in [3.05, 3.63) is 35.6 Å². The van der Waals surface area contributed by atoms with Crippen LogP contribution in [-0.4, -0.2) is 12.7 Å². The molecule has 1 amide bonds. The zero-order chi connectivity index (χ0) is 9.26. The van der Waals surface area contributed by atoms with Crippen molar-refractivity contribution in [3.63, 3.8) is 0 Å². The summed E-state index contributed by atoms with van der Waals surface area (Å²) in [5.74, 6) is -0.321. The highest BCUT2D eigenvalue weighted by molar-refractivity contribution is 5.85. The van der Waals surface area contributed by atoms with Gasteiger partial charge in [0.15, 0.2) is 0 Å². The second-order valence-electron chi connectivity index (χ2n) is 2.82. The fourth-order valence-corrected chi connectivity index (χ4v) is 1.31. The van der Waals surface area contributed by atoms with Gasteiger partial charge in [-0.05, 0) is 6.07 Å². The fourth-order valence-electron chi connectivity index (χ4n) is 1.31. The van der Waals surface area contributed by atoms with Gasteiger partial charge < -0.3 is 10.1 Å². The van der Waals surface area contributed by atoms with E-state index in [1.165, 1.54) is 6.07 Å². The molecule has 2 rings (SSSR count). The molecule has 1 aliphatic heterocycles. The van der Waals surface area contributed by atoms with E-state index in [2.05, 4.69) is 10.1 Å². The number of carbonyl (C=O) groups is 1. The molecule has 1 N–H and O–H groups in total. The molecule has 1 fully saturated rings. The number of nitrogens with one attached hydrogen (secondary N) is 1. The lowest BCUT2D eigenvalue weighted by atomic mass is 10.1. The molecule has 1 aromatic rings. The Balaban J connectivity index is 0.000000980. The molecule has 1 saturated heterocycles. The number of hydrogen-bond acceptors (Lipinski definition) is 2. The molecular weight excluding hydrogens is 209 g/mol. The molecule has 14 heavy (non-hydrogen) atoms. The van der Waals surface area contributed by atoms with Gasteiger partial charge >= 0.3 is 6.09 Å². The van der Waals surface area contributed by atoms with Gasteiger partial charge in [0.25, 0.3) is 0 Å². The van der Waals surface area contributed by atoms with Gasteiger partial charge in [-0.3, -0.25) is 0 Å². The van der Waals surface area contributed by atoms with Crippen LogP contribution in [0.1, 0.15) is 11.6 Å². The van der Waals surface area contributed by atoms with Gasteiger partial charge in [-0.2, -0.15) is 0 Å². The molecule has 0 saturated carbocycles. The van der Waals surface area contributed by atoms with E-state index >= 15 is 0 Å². The fraction of sp³-hybridized carbons (Fsp3) is 0.222. The largest absolute Gasteiger partial charge is 0.447 e. The number of carbonyl (C=O) groups excluding carboxylic acids is 1. The topological polar surface area (TPSA) is 38.3 Å². The van der Waals surface area contributed by atoms with Crippen molar-refractivity contribution >= 4 is 18.5 Å². The molecule has 3 nitrogen and oxygen atoms in total. The highest BCUT2D eigenvalue weighted by atomic mass is 35.5. The first-order valence-corrected chi connectivity index (χ1v) is 3.95. The van der Waals surface area contributed by atoms with E-state index in [0.717, 1.165) is 0 Å². The second-order valence-corrected chi connectivity index (χ2v) is 2.82. The van der Waals surface area contributed by atoms with Gasteiger partial charge in [-0.25, -0.2) is 9.18 Å². The highest BCUT2D eigenvalue weighted by Crippen LogP contribution is 2.20. The molecule has 1 heterocycles. The number of benzene rings is 1. The first-order chi connectivity index (χ1) is 6.27. The van der Waals surface area contributed by atoms with Crippen molar-refractivity contribution in [2.45, 2.75) is 6.04 Å². The quantitative estimate of drug-likeness (QED) is 0.782. The summed E-state index contributed by atoms with van der Waals surface area (Å²) >= 11 is 0. The molecule has 5 heteroatoms. The SMILES string of the molecule is Cl.O=C1N[C@H](c2ccccc2F)CO1. The van der Waals surface area contributed by atoms with Crippen molar-refractivity contribution < 1.29 is 13.9 Å². The van der Waals surface area contributed by atoms with E-state index in [-0.39, 0.29) is 30.9 Å². The second kappa shape index (κ2) is 4.28. The predicted octanol–water partition coefficient (Wildman–Crippen LogP) is 2.03. The van der Waals surface area contributed by atoms with Crippen LogP contribution in [0.2, 0.25) is 0 Å².